The molecule has 0 aliphatic carbocycles. The Labute approximate surface area is 105 Å². The van der Waals surface area contributed by atoms with Crippen LogP contribution in [0.5, 0.6) is 0 Å². The Morgan fingerprint density at radius 3 is 2.35 bits per heavy atom. The average Bonchev–Trinajstić information content (AvgIpc) is 2.53. The molecule has 0 fully saturated rings. The third-order valence-electron chi connectivity index (χ3n) is 3.63. The van der Waals surface area contributed by atoms with Crippen molar-refractivity contribution in [2.75, 3.05) is 11.9 Å². The molecule has 0 spiro atoms. The smallest absolute Gasteiger partial charge is 0.0714 e. The number of nitrogens with zero attached hydrogens (tertiary/aromatic N) is 1. The van der Waals surface area contributed by atoms with Crippen LogP contribution in [0.15, 0.2) is 6.07 Å². The van der Waals surface area contributed by atoms with Gasteiger partial charge in [-0.3, -0.25) is 4.98 Å². The lowest BCUT2D eigenvalue weighted by molar-refractivity contribution is 0.563. The standard InChI is InChI=1S/C15H24N2/c1-9(2)11-7-12(10(3)4)17-14-13(11)16-8-15(14,5)6/h7,9-10,16H,8H2,1-6H3. The van der Waals surface area contributed by atoms with Crippen LogP contribution in [0.3, 0.4) is 0 Å². The Morgan fingerprint density at radius 2 is 1.82 bits per heavy atom. The first-order valence-corrected chi connectivity index (χ1v) is 6.62. The molecule has 0 amide bonds. The highest BCUT2D eigenvalue weighted by Crippen LogP contribution is 2.40. The average molecular weight is 232 g/mol. The molecule has 2 heterocycles. The number of nitrogens with one attached hydrogen (secondary N) is 1. The number of hydrogen-bond donors (Lipinski definition) is 1. The summed E-state index contributed by atoms with van der Waals surface area (Å²) < 4.78 is 0. The van der Waals surface area contributed by atoms with Gasteiger partial charge in [0, 0.05) is 17.7 Å². The number of aromatic nitrogens is 1. The maximum Gasteiger partial charge on any atom is 0.0714 e. The largest absolute Gasteiger partial charge is 0.382 e. The van der Waals surface area contributed by atoms with Gasteiger partial charge in [-0.1, -0.05) is 41.5 Å². The minimum Gasteiger partial charge on any atom is -0.382 e. The van der Waals surface area contributed by atoms with E-state index in [9.17, 15) is 0 Å². The summed E-state index contributed by atoms with van der Waals surface area (Å²) in [6.45, 7) is 14.5. The van der Waals surface area contributed by atoms with Crippen LogP contribution in [-0.2, 0) is 5.41 Å². The Bertz CT molecular complexity index is 431. The van der Waals surface area contributed by atoms with E-state index in [4.69, 9.17) is 4.98 Å². The summed E-state index contributed by atoms with van der Waals surface area (Å²) in [7, 11) is 0. The zero-order chi connectivity index (χ0) is 12.8. The lowest BCUT2D eigenvalue weighted by atomic mass is 9.88. The van der Waals surface area contributed by atoms with Gasteiger partial charge >= 0.3 is 0 Å². The van der Waals surface area contributed by atoms with Crippen LogP contribution in [-0.4, -0.2) is 11.5 Å². The topological polar surface area (TPSA) is 24.9 Å². The maximum absolute atomic E-state index is 4.89. The summed E-state index contributed by atoms with van der Waals surface area (Å²) in [5.41, 5.74) is 5.35. The van der Waals surface area contributed by atoms with E-state index >= 15 is 0 Å². The molecule has 1 aliphatic heterocycles. The normalized spacial score (nSPS) is 17.4. The predicted octanol–water partition coefficient (Wildman–Crippen LogP) is 4.03. The van der Waals surface area contributed by atoms with Crippen LogP contribution in [0.1, 0.15) is 70.3 Å². The number of anilines is 1. The number of hydrogen-bond acceptors (Lipinski definition) is 2. The highest BCUT2D eigenvalue weighted by molar-refractivity contribution is 5.63. The van der Waals surface area contributed by atoms with Crippen molar-refractivity contribution in [3.05, 3.63) is 23.0 Å². The van der Waals surface area contributed by atoms with Gasteiger partial charge < -0.3 is 5.32 Å². The Morgan fingerprint density at radius 1 is 1.18 bits per heavy atom. The van der Waals surface area contributed by atoms with E-state index in [1.54, 1.807) is 0 Å². The molecule has 2 nitrogen and oxygen atoms in total. The molecule has 0 unspecified atom stereocenters. The number of fused-ring (bicyclic) bond motifs is 1. The Kier molecular flexibility index (Phi) is 2.92. The zero-order valence-corrected chi connectivity index (χ0v) is 11.9. The lowest BCUT2D eigenvalue weighted by Gasteiger charge is -2.20. The monoisotopic (exact) mass is 232 g/mol. The van der Waals surface area contributed by atoms with Crippen LogP contribution in [0.4, 0.5) is 5.69 Å². The molecule has 0 aromatic carbocycles. The SMILES string of the molecule is CC(C)c1cc(C(C)C)c2c(n1)C(C)(C)CN2. The van der Waals surface area contributed by atoms with Gasteiger partial charge in [-0.25, -0.2) is 0 Å². The zero-order valence-electron chi connectivity index (χ0n) is 11.9. The molecule has 0 saturated carbocycles. The first kappa shape index (κ1) is 12.4. The molecule has 1 aliphatic rings. The Hall–Kier alpha value is -1.05. The van der Waals surface area contributed by atoms with Crippen molar-refractivity contribution < 1.29 is 0 Å². The summed E-state index contributed by atoms with van der Waals surface area (Å²) in [4.78, 5) is 4.89. The maximum atomic E-state index is 4.89. The summed E-state index contributed by atoms with van der Waals surface area (Å²) in [5.74, 6) is 1.04. The first-order chi connectivity index (χ1) is 7.83. The van der Waals surface area contributed by atoms with E-state index in [1.165, 1.54) is 22.6 Å². The van der Waals surface area contributed by atoms with Gasteiger partial charge in [0.1, 0.15) is 0 Å². The second-order valence-electron chi connectivity index (χ2n) is 6.41. The van der Waals surface area contributed by atoms with Gasteiger partial charge in [-0.15, -0.1) is 0 Å². The van der Waals surface area contributed by atoms with E-state index in [-0.39, 0.29) is 5.41 Å². The molecule has 1 aromatic heterocycles. The van der Waals surface area contributed by atoms with Crippen LogP contribution in [0.25, 0.3) is 0 Å². The molecule has 17 heavy (non-hydrogen) atoms. The van der Waals surface area contributed by atoms with Crippen molar-refractivity contribution in [3.8, 4) is 0 Å². The molecular weight excluding hydrogens is 208 g/mol. The fourth-order valence-electron chi connectivity index (χ4n) is 2.41. The molecule has 1 aromatic rings. The second-order valence-corrected chi connectivity index (χ2v) is 6.41. The van der Waals surface area contributed by atoms with E-state index in [0.717, 1.165) is 6.54 Å². The van der Waals surface area contributed by atoms with Gasteiger partial charge in [0.25, 0.3) is 0 Å². The van der Waals surface area contributed by atoms with E-state index in [2.05, 4.69) is 52.9 Å². The fraction of sp³-hybridized carbons (Fsp3) is 0.667. The third-order valence-corrected chi connectivity index (χ3v) is 3.63. The van der Waals surface area contributed by atoms with Gasteiger partial charge in [0.2, 0.25) is 0 Å². The first-order valence-electron chi connectivity index (χ1n) is 6.62. The van der Waals surface area contributed by atoms with E-state index < -0.39 is 0 Å². The predicted molar refractivity (Wildman–Crippen MR) is 73.9 cm³/mol. The highest BCUT2D eigenvalue weighted by atomic mass is 15.0. The van der Waals surface area contributed by atoms with Gasteiger partial charge in [0.05, 0.1) is 11.4 Å². The van der Waals surface area contributed by atoms with Gasteiger partial charge in [-0.2, -0.15) is 0 Å². The highest BCUT2D eigenvalue weighted by Gasteiger charge is 2.34. The molecule has 0 atom stereocenters. The summed E-state index contributed by atoms with van der Waals surface area (Å²) in [6, 6.07) is 2.28. The summed E-state index contributed by atoms with van der Waals surface area (Å²) >= 11 is 0. The molecule has 2 rings (SSSR count). The van der Waals surface area contributed by atoms with Crippen LogP contribution >= 0.6 is 0 Å². The van der Waals surface area contributed by atoms with Crippen molar-refractivity contribution in [3.63, 3.8) is 0 Å². The molecular formula is C15H24N2. The van der Waals surface area contributed by atoms with E-state index in [1.807, 2.05) is 0 Å². The number of rotatable bonds is 2. The lowest BCUT2D eigenvalue weighted by Crippen LogP contribution is -2.20. The van der Waals surface area contributed by atoms with Crippen molar-refractivity contribution >= 4 is 5.69 Å². The second kappa shape index (κ2) is 4.01. The minimum atomic E-state index is 0.157. The van der Waals surface area contributed by atoms with Crippen LogP contribution in [0, 0.1) is 0 Å². The molecule has 1 N–H and O–H groups in total. The van der Waals surface area contributed by atoms with Gasteiger partial charge in [0.15, 0.2) is 0 Å². The minimum absolute atomic E-state index is 0.157. The molecule has 0 radical (unpaired) electrons. The van der Waals surface area contributed by atoms with Crippen LogP contribution < -0.4 is 5.32 Å². The van der Waals surface area contributed by atoms with Crippen molar-refractivity contribution in [2.24, 2.45) is 0 Å². The van der Waals surface area contributed by atoms with Crippen LogP contribution in [0.2, 0.25) is 0 Å². The third kappa shape index (κ3) is 2.05. The van der Waals surface area contributed by atoms with Crippen molar-refractivity contribution in [1.29, 1.82) is 0 Å². The summed E-state index contributed by atoms with van der Waals surface area (Å²) in [5, 5.41) is 3.54. The quantitative estimate of drug-likeness (QED) is 0.832. The van der Waals surface area contributed by atoms with Gasteiger partial charge in [-0.05, 0) is 23.5 Å². The molecule has 0 bridgehead atoms. The van der Waals surface area contributed by atoms with Crippen molar-refractivity contribution in [2.45, 2.75) is 58.8 Å². The number of pyridine rings is 1. The molecule has 94 valence electrons. The summed E-state index contributed by atoms with van der Waals surface area (Å²) in [6.07, 6.45) is 0. The Balaban J connectivity index is 2.63. The molecule has 2 heteroatoms. The molecule has 0 saturated heterocycles. The fourth-order valence-corrected chi connectivity index (χ4v) is 2.41. The van der Waals surface area contributed by atoms with E-state index in [0.29, 0.717) is 11.8 Å². The van der Waals surface area contributed by atoms with Crippen molar-refractivity contribution in [1.82, 2.24) is 4.98 Å².